The fourth-order valence-electron chi connectivity index (χ4n) is 1.74. The van der Waals surface area contributed by atoms with Gasteiger partial charge in [0, 0.05) is 6.42 Å². The summed E-state index contributed by atoms with van der Waals surface area (Å²) in [5.74, 6) is -0.0410. The summed E-state index contributed by atoms with van der Waals surface area (Å²) >= 11 is 0. The van der Waals surface area contributed by atoms with Crippen LogP contribution in [-0.2, 0) is 16.6 Å². The van der Waals surface area contributed by atoms with Gasteiger partial charge in [-0.3, -0.25) is 4.79 Å². The van der Waals surface area contributed by atoms with E-state index in [9.17, 15) is 9.90 Å². The van der Waals surface area contributed by atoms with Gasteiger partial charge in [-0.1, -0.05) is 26.8 Å². The van der Waals surface area contributed by atoms with Crippen LogP contribution >= 0.6 is 0 Å². The maximum atomic E-state index is 10.8. The molecular formula is C13H19NO2. The lowest BCUT2D eigenvalue weighted by molar-refractivity contribution is -0.117. The quantitative estimate of drug-likeness (QED) is 0.821. The first-order valence-corrected chi connectivity index (χ1v) is 5.41. The van der Waals surface area contributed by atoms with E-state index >= 15 is 0 Å². The molecule has 3 nitrogen and oxygen atoms in total. The first-order chi connectivity index (χ1) is 7.30. The Bertz CT molecular complexity index is 391. The van der Waals surface area contributed by atoms with Gasteiger partial charge in [0.15, 0.2) is 0 Å². The molecule has 0 heterocycles. The van der Waals surface area contributed by atoms with Crippen LogP contribution < -0.4 is 5.73 Å². The average Bonchev–Trinajstić information content (AvgIpc) is 2.14. The van der Waals surface area contributed by atoms with E-state index < -0.39 is 0 Å². The molecule has 0 bridgehead atoms. The molecule has 1 aromatic rings. The fraction of sp³-hybridized carbons (Fsp3) is 0.462. The first-order valence-electron chi connectivity index (χ1n) is 5.41. The van der Waals surface area contributed by atoms with Gasteiger partial charge in [0.1, 0.15) is 5.75 Å². The number of carbonyl (C=O) groups excluding carboxylic acids is 1. The summed E-state index contributed by atoms with van der Waals surface area (Å²) < 4.78 is 0. The third kappa shape index (κ3) is 3.26. The molecule has 1 amide bonds. The number of nitrogens with two attached hydrogens (primary N) is 1. The Kier molecular flexibility index (Phi) is 3.58. The lowest BCUT2D eigenvalue weighted by Gasteiger charge is -2.23. The van der Waals surface area contributed by atoms with Gasteiger partial charge in [0.25, 0.3) is 0 Å². The molecule has 1 aromatic carbocycles. The van der Waals surface area contributed by atoms with E-state index in [1.54, 1.807) is 12.1 Å². The van der Waals surface area contributed by atoms with Crippen molar-refractivity contribution in [2.45, 2.75) is 39.0 Å². The number of phenolic OH excluding ortho intramolecular Hbond substituents is 1. The Morgan fingerprint density at radius 1 is 1.38 bits per heavy atom. The molecule has 16 heavy (non-hydrogen) atoms. The smallest absolute Gasteiger partial charge is 0.217 e. The van der Waals surface area contributed by atoms with Crippen molar-refractivity contribution in [3.8, 4) is 5.75 Å². The molecule has 88 valence electrons. The number of hydrogen-bond donors (Lipinski definition) is 2. The minimum absolute atomic E-state index is 0.0499. The average molecular weight is 221 g/mol. The van der Waals surface area contributed by atoms with E-state index in [0.717, 1.165) is 11.1 Å². The Hall–Kier alpha value is -1.51. The Morgan fingerprint density at radius 2 is 2.00 bits per heavy atom. The van der Waals surface area contributed by atoms with Crippen LogP contribution in [0.15, 0.2) is 18.2 Å². The zero-order valence-electron chi connectivity index (χ0n) is 10.1. The van der Waals surface area contributed by atoms with Crippen molar-refractivity contribution in [2.75, 3.05) is 0 Å². The van der Waals surface area contributed by atoms with Crippen LogP contribution in [0.1, 0.15) is 38.3 Å². The maximum Gasteiger partial charge on any atom is 0.217 e. The molecule has 0 spiro atoms. The van der Waals surface area contributed by atoms with Gasteiger partial charge in [0.2, 0.25) is 5.91 Å². The summed E-state index contributed by atoms with van der Waals surface area (Å²) in [6, 6.07) is 5.26. The summed E-state index contributed by atoms with van der Waals surface area (Å²) in [6.45, 7) is 6.24. The highest BCUT2D eigenvalue weighted by molar-refractivity contribution is 5.74. The highest BCUT2D eigenvalue weighted by Crippen LogP contribution is 2.29. The van der Waals surface area contributed by atoms with E-state index in [1.807, 2.05) is 6.07 Å². The SMILES string of the molecule is CC(C)(C)c1cc(O)ccc1CCC(N)=O. The van der Waals surface area contributed by atoms with Crippen molar-refractivity contribution in [1.29, 1.82) is 0 Å². The van der Waals surface area contributed by atoms with E-state index in [1.165, 1.54) is 0 Å². The number of amides is 1. The van der Waals surface area contributed by atoms with E-state index in [4.69, 9.17) is 5.73 Å². The van der Waals surface area contributed by atoms with Gasteiger partial charge in [0.05, 0.1) is 0 Å². The van der Waals surface area contributed by atoms with Crippen molar-refractivity contribution < 1.29 is 9.90 Å². The van der Waals surface area contributed by atoms with Crippen LogP contribution in [0.5, 0.6) is 5.75 Å². The standard InChI is InChI=1S/C13H19NO2/c1-13(2,3)11-8-10(15)6-4-9(11)5-7-12(14)16/h4,6,8,15H,5,7H2,1-3H3,(H2,14,16). The second-order valence-electron chi connectivity index (χ2n) is 5.06. The number of hydrogen-bond acceptors (Lipinski definition) is 2. The third-order valence-electron chi connectivity index (χ3n) is 2.54. The van der Waals surface area contributed by atoms with Gasteiger partial charge in [-0.05, 0) is 35.1 Å². The lowest BCUT2D eigenvalue weighted by Crippen LogP contribution is -2.16. The van der Waals surface area contributed by atoms with Crippen LogP contribution in [0.2, 0.25) is 0 Å². The van der Waals surface area contributed by atoms with E-state index in [-0.39, 0.29) is 17.1 Å². The van der Waals surface area contributed by atoms with Crippen LogP contribution in [0.3, 0.4) is 0 Å². The number of carbonyl (C=O) groups is 1. The molecule has 0 saturated carbocycles. The normalized spacial score (nSPS) is 11.4. The number of primary amides is 1. The van der Waals surface area contributed by atoms with E-state index in [0.29, 0.717) is 12.8 Å². The summed E-state index contributed by atoms with van der Waals surface area (Å²) in [7, 11) is 0. The van der Waals surface area contributed by atoms with Crippen molar-refractivity contribution >= 4 is 5.91 Å². The van der Waals surface area contributed by atoms with E-state index in [2.05, 4.69) is 20.8 Å². The zero-order valence-corrected chi connectivity index (χ0v) is 10.1. The monoisotopic (exact) mass is 221 g/mol. The predicted molar refractivity (Wildman–Crippen MR) is 64.3 cm³/mol. The molecule has 0 radical (unpaired) electrons. The highest BCUT2D eigenvalue weighted by atomic mass is 16.3. The Morgan fingerprint density at radius 3 is 2.50 bits per heavy atom. The molecule has 0 aliphatic rings. The molecule has 0 fully saturated rings. The van der Waals surface area contributed by atoms with Crippen molar-refractivity contribution in [1.82, 2.24) is 0 Å². The van der Waals surface area contributed by atoms with Crippen LogP contribution in [0.4, 0.5) is 0 Å². The van der Waals surface area contributed by atoms with Gasteiger partial charge >= 0.3 is 0 Å². The number of aromatic hydroxyl groups is 1. The summed E-state index contributed by atoms with van der Waals surface area (Å²) in [6.07, 6.45) is 0.968. The lowest BCUT2D eigenvalue weighted by atomic mass is 9.82. The molecule has 1 rings (SSSR count). The van der Waals surface area contributed by atoms with Crippen LogP contribution in [0.25, 0.3) is 0 Å². The molecule has 0 unspecified atom stereocenters. The number of phenols is 1. The Balaban J connectivity index is 3.03. The largest absolute Gasteiger partial charge is 0.508 e. The van der Waals surface area contributed by atoms with Crippen LogP contribution in [-0.4, -0.2) is 11.0 Å². The number of aryl methyl sites for hydroxylation is 1. The van der Waals surface area contributed by atoms with Gasteiger partial charge in [-0.2, -0.15) is 0 Å². The van der Waals surface area contributed by atoms with Crippen molar-refractivity contribution in [3.63, 3.8) is 0 Å². The molecule has 0 atom stereocenters. The summed E-state index contributed by atoms with van der Waals surface area (Å²) in [4.78, 5) is 10.8. The summed E-state index contributed by atoms with van der Waals surface area (Å²) in [5.41, 5.74) is 7.23. The van der Waals surface area contributed by atoms with Gasteiger partial charge in [-0.15, -0.1) is 0 Å². The molecule has 0 aliphatic carbocycles. The highest BCUT2D eigenvalue weighted by Gasteiger charge is 2.18. The topological polar surface area (TPSA) is 63.3 Å². The van der Waals surface area contributed by atoms with Gasteiger partial charge < -0.3 is 10.8 Å². The van der Waals surface area contributed by atoms with Crippen LogP contribution in [0, 0.1) is 0 Å². The number of benzene rings is 1. The van der Waals surface area contributed by atoms with Gasteiger partial charge in [-0.25, -0.2) is 0 Å². The molecule has 0 aliphatic heterocycles. The third-order valence-corrected chi connectivity index (χ3v) is 2.54. The molecule has 0 aromatic heterocycles. The second-order valence-corrected chi connectivity index (χ2v) is 5.06. The second kappa shape index (κ2) is 4.56. The van der Waals surface area contributed by atoms with Crippen molar-refractivity contribution in [2.24, 2.45) is 5.73 Å². The minimum atomic E-state index is -0.298. The van der Waals surface area contributed by atoms with Crippen molar-refractivity contribution in [3.05, 3.63) is 29.3 Å². The maximum absolute atomic E-state index is 10.8. The number of rotatable bonds is 3. The first kappa shape index (κ1) is 12.6. The zero-order chi connectivity index (χ0) is 12.3. The minimum Gasteiger partial charge on any atom is -0.508 e. The predicted octanol–water partition coefficient (Wildman–Crippen LogP) is 2.11. The molecule has 3 N–H and O–H groups in total. The summed E-state index contributed by atoms with van der Waals surface area (Å²) in [5, 5.41) is 9.49. The molecule has 3 heteroatoms. The molecule has 0 saturated heterocycles. The fourth-order valence-corrected chi connectivity index (χ4v) is 1.74. The molecular weight excluding hydrogens is 202 g/mol. The Labute approximate surface area is 96.3 Å².